The molecule has 0 aromatic heterocycles. The summed E-state index contributed by atoms with van der Waals surface area (Å²) in [5, 5.41) is 0.139. The van der Waals surface area contributed by atoms with Gasteiger partial charge in [-0.05, 0) is 36.8 Å². The maximum atomic E-state index is 12.4. The van der Waals surface area contributed by atoms with Crippen molar-refractivity contribution in [3.05, 3.63) is 59.7 Å². The highest BCUT2D eigenvalue weighted by Crippen LogP contribution is 2.45. The van der Waals surface area contributed by atoms with E-state index >= 15 is 0 Å². The highest BCUT2D eigenvalue weighted by Gasteiger charge is 2.30. The molecule has 0 radical (unpaired) electrons. The van der Waals surface area contributed by atoms with Gasteiger partial charge in [-0.25, -0.2) is 0 Å². The van der Waals surface area contributed by atoms with Gasteiger partial charge in [0.05, 0.1) is 17.1 Å². The fraction of sp³-hybridized carbons (Fsp3) is 0.211. The van der Waals surface area contributed by atoms with Gasteiger partial charge in [0.25, 0.3) is 0 Å². The molecule has 0 fully saturated rings. The predicted molar refractivity (Wildman–Crippen MR) is 102 cm³/mol. The van der Waals surface area contributed by atoms with Crippen LogP contribution in [0.3, 0.4) is 0 Å². The molecule has 0 spiro atoms. The number of carbonyl (C=O) groups is 1. The smallest absolute Gasteiger partial charge is 0.181 e. The normalized spacial score (nSPS) is 18.0. The largest absolute Gasteiger partial charge is 0.399 e. The van der Waals surface area contributed by atoms with E-state index in [2.05, 4.69) is 17.1 Å². The lowest BCUT2D eigenvalue weighted by molar-refractivity contribution is 0.0968. The summed E-state index contributed by atoms with van der Waals surface area (Å²) in [7, 11) is 2.01. The molecule has 4 nitrogen and oxygen atoms in total. The zero-order valence-electron chi connectivity index (χ0n) is 13.8. The van der Waals surface area contributed by atoms with Gasteiger partial charge in [0.1, 0.15) is 0 Å². The number of nitrogens with zero attached hydrogens (tertiary/aromatic N) is 1. The van der Waals surface area contributed by atoms with E-state index in [0.717, 1.165) is 21.8 Å². The van der Waals surface area contributed by atoms with E-state index in [4.69, 9.17) is 11.5 Å². The number of para-hydroxylation sites is 1. The summed E-state index contributed by atoms with van der Waals surface area (Å²) in [6, 6.07) is 13.1. The van der Waals surface area contributed by atoms with Crippen LogP contribution in [-0.4, -0.2) is 24.2 Å². The molecule has 5 heteroatoms. The number of nitrogens with two attached hydrogens (primary N) is 2. The van der Waals surface area contributed by atoms with Crippen molar-refractivity contribution >= 4 is 35.0 Å². The van der Waals surface area contributed by atoms with Gasteiger partial charge in [-0.1, -0.05) is 42.1 Å². The maximum absolute atomic E-state index is 12.4. The number of hydrogen-bond acceptors (Lipinski definition) is 5. The van der Waals surface area contributed by atoms with Gasteiger partial charge < -0.3 is 16.4 Å². The molecule has 0 amide bonds. The molecule has 2 atom stereocenters. The number of benzene rings is 2. The Bertz CT molecular complexity index is 784. The van der Waals surface area contributed by atoms with Crippen molar-refractivity contribution in [3.63, 3.8) is 0 Å². The van der Waals surface area contributed by atoms with Gasteiger partial charge in [0, 0.05) is 23.2 Å². The minimum atomic E-state index is -0.501. The Morgan fingerprint density at radius 1 is 1.25 bits per heavy atom. The van der Waals surface area contributed by atoms with E-state index in [1.807, 2.05) is 49.5 Å². The van der Waals surface area contributed by atoms with Crippen molar-refractivity contribution in [2.75, 3.05) is 17.7 Å². The van der Waals surface area contributed by atoms with Crippen LogP contribution in [0.15, 0.2) is 53.4 Å². The maximum Gasteiger partial charge on any atom is 0.181 e. The number of anilines is 2. The third kappa shape index (κ3) is 3.18. The van der Waals surface area contributed by atoms with Crippen LogP contribution < -0.4 is 16.4 Å². The number of thioether (sulfide) groups is 1. The first kappa shape index (κ1) is 16.6. The van der Waals surface area contributed by atoms with Crippen molar-refractivity contribution in [1.29, 1.82) is 0 Å². The van der Waals surface area contributed by atoms with E-state index in [0.29, 0.717) is 5.56 Å². The van der Waals surface area contributed by atoms with Gasteiger partial charge in [0.2, 0.25) is 0 Å². The second-order valence-electron chi connectivity index (χ2n) is 5.95. The first-order valence-electron chi connectivity index (χ1n) is 7.83. The van der Waals surface area contributed by atoms with E-state index in [-0.39, 0.29) is 11.2 Å². The minimum absolute atomic E-state index is 0.0255. The van der Waals surface area contributed by atoms with Crippen LogP contribution in [0.25, 0.3) is 6.08 Å². The molecule has 1 aliphatic rings. The van der Waals surface area contributed by atoms with Crippen molar-refractivity contribution in [1.82, 2.24) is 0 Å². The Kier molecular flexibility index (Phi) is 4.64. The summed E-state index contributed by atoms with van der Waals surface area (Å²) in [5.41, 5.74) is 15.0. The zero-order chi connectivity index (χ0) is 17.3. The summed E-state index contributed by atoms with van der Waals surface area (Å²) < 4.78 is 0. The molecule has 0 saturated heterocycles. The second-order valence-corrected chi connectivity index (χ2v) is 7.11. The van der Waals surface area contributed by atoms with Crippen LogP contribution in [0.4, 0.5) is 11.4 Å². The van der Waals surface area contributed by atoms with Crippen LogP contribution in [0.5, 0.6) is 0 Å². The monoisotopic (exact) mass is 339 g/mol. The van der Waals surface area contributed by atoms with Gasteiger partial charge in [-0.3, -0.25) is 4.79 Å². The van der Waals surface area contributed by atoms with Gasteiger partial charge in [0.15, 0.2) is 5.78 Å². The number of Topliss-reactive ketones (excluding diaryl/α,β-unsaturated/α-hetero) is 1. The molecule has 0 bridgehead atoms. The molecule has 1 aliphatic heterocycles. The van der Waals surface area contributed by atoms with E-state index in [1.54, 1.807) is 18.7 Å². The SMILES string of the molecule is CC(N)C(=O)c1cccc2c1N(C)C(C=Cc1ccc(N)cc1)S2. The Morgan fingerprint density at radius 2 is 1.96 bits per heavy atom. The van der Waals surface area contributed by atoms with Crippen LogP contribution in [-0.2, 0) is 0 Å². The van der Waals surface area contributed by atoms with Crippen LogP contribution >= 0.6 is 11.8 Å². The molecule has 24 heavy (non-hydrogen) atoms. The topological polar surface area (TPSA) is 72.4 Å². The van der Waals surface area contributed by atoms with Gasteiger partial charge in [-0.15, -0.1) is 0 Å². The standard InChI is InChI=1S/C19H21N3OS/c1-12(20)19(23)15-4-3-5-16-18(15)22(2)17(24-16)11-8-13-6-9-14(21)10-7-13/h3-12,17H,20-21H2,1-2H3. The van der Waals surface area contributed by atoms with Crippen molar-refractivity contribution < 1.29 is 4.79 Å². The summed E-state index contributed by atoms with van der Waals surface area (Å²) in [4.78, 5) is 15.6. The molecule has 2 unspecified atom stereocenters. The average molecular weight is 339 g/mol. The number of likely N-dealkylation sites (N-methyl/N-ethyl adjacent to an activating group) is 1. The first-order valence-corrected chi connectivity index (χ1v) is 8.71. The third-order valence-corrected chi connectivity index (χ3v) is 5.35. The van der Waals surface area contributed by atoms with Crippen molar-refractivity contribution in [2.45, 2.75) is 23.2 Å². The van der Waals surface area contributed by atoms with Crippen LogP contribution in [0.1, 0.15) is 22.8 Å². The summed E-state index contributed by atoms with van der Waals surface area (Å²) in [6.07, 6.45) is 4.21. The molecule has 3 rings (SSSR count). The number of nitrogen functional groups attached to an aromatic ring is 1. The summed E-state index contributed by atoms with van der Waals surface area (Å²) in [6.45, 7) is 1.72. The highest BCUT2D eigenvalue weighted by molar-refractivity contribution is 8.00. The van der Waals surface area contributed by atoms with Gasteiger partial charge >= 0.3 is 0 Å². The van der Waals surface area contributed by atoms with Gasteiger partial charge in [-0.2, -0.15) is 0 Å². The molecule has 4 N–H and O–H groups in total. The Balaban J connectivity index is 1.86. The molecular formula is C19H21N3OS. The summed E-state index contributed by atoms with van der Waals surface area (Å²) >= 11 is 1.73. The first-order chi connectivity index (χ1) is 11.5. The Morgan fingerprint density at radius 3 is 2.62 bits per heavy atom. The average Bonchev–Trinajstić information content (AvgIpc) is 2.90. The lowest BCUT2D eigenvalue weighted by Gasteiger charge is -2.21. The quantitative estimate of drug-likeness (QED) is 0.660. The summed E-state index contributed by atoms with van der Waals surface area (Å²) in [5.74, 6) is -0.0255. The zero-order valence-corrected chi connectivity index (χ0v) is 14.6. The lowest BCUT2D eigenvalue weighted by atomic mass is 10.0. The number of ketones is 1. The minimum Gasteiger partial charge on any atom is -0.399 e. The van der Waals surface area contributed by atoms with E-state index in [9.17, 15) is 4.79 Å². The Hall–Kier alpha value is -2.24. The molecule has 2 aromatic rings. The second kappa shape index (κ2) is 6.71. The number of rotatable bonds is 4. The highest BCUT2D eigenvalue weighted by atomic mass is 32.2. The third-order valence-electron chi connectivity index (χ3n) is 4.05. The van der Waals surface area contributed by atoms with Crippen molar-refractivity contribution in [3.8, 4) is 0 Å². The molecule has 2 aromatic carbocycles. The van der Waals surface area contributed by atoms with Crippen molar-refractivity contribution in [2.24, 2.45) is 5.73 Å². The van der Waals surface area contributed by atoms with Crippen LogP contribution in [0.2, 0.25) is 0 Å². The molecule has 0 saturated carbocycles. The van der Waals surface area contributed by atoms with E-state index in [1.165, 1.54) is 0 Å². The molecule has 0 aliphatic carbocycles. The Labute approximate surface area is 146 Å². The van der Waals surface area contributed by atoms with Crippen LogP contribution in [0, 0.1) is 0 Å². The lowest BCUT2D eigenvalue weighted by Crippen LogP contribution is -2.29. The predicted octanol–water partition coefficient (Wildman–Crippen LogP) is 3.38. The number of fused-ring (bicyclic) bond motifs is 1. The number of hydrogen-bond donors (Lipinski definition) is 2. The molecule has 124 valence electrons. The number of carbonyl (C=O) groups excluding carboxylic acids is 1. The fourth-order valence-electron chi connectivity index (χ4n) is 2.73. The fourth-order valence-corrected chi connectivity index (χ4v) is 3.93. The molecule has 1 heterocycles. The molecular weight excluding hydrogens is 318 g/mol. The van der Waals surface area contributed by atoms with E-state index < -0.39 is 6.04 Å².